The lowest BCUT2D eigenvalue weighted by molar-refractivity contribution is -0.121. The topological polar surface area (TPSA) is 94.8 Å². The fourth-order valence-electron chi connectivity index (χ4n) is 3.17. The van der Waals surface area contributed by atoms with E-state index in [0.717, 1.165) is 24.5 Å². The van der Waals surface area contributed by atoms with Crippen molar-refractivity contribution in [3.63, 3.8) is 0 Å². The third-order valence-corrected chi connectivity index (χ3v) is 4.55. The first kappa shape index (κ1) is 15.6. The third kappa shape index (κ3) is 3.07. The molecule has 3 rings (SSSR count). The molecule has 0 aliphatic heterocycles. The lowest BCUT2D eigenvalue weighted by Crippen LogP contribution is -2.39. The van der Waals surface area contributed by atoms with Crippen LogP contribution in [0.1, 0.15) is 31.2 Å². The Bertz CT molecular complexity index is 804. The molecule has 0 spiro atoms. The van der Waals surface area contributed by atoms with E-state index in [1.54, 1.807) is 12.1 Å². The number of carbonyl (C=O) groups is 1. The average molecular weight is 334 g/mol. The van der Waals surface area contributed by atoms with Crippen LogP contribution in [0.25, 0.3) is 0 Å². The Morgan fingerprint density at radius 3 is 2.35 bits per heavy atom. The molecular weight excluding hydrogens is 318 g/mol. The molecule has 0 unspecified atom stereocenters. The van der Waals surface area contributed by atoms with E-state index in [0.29, 0.717) is 17.9 Å². The molecule has 6 nitrogen and oxygen atoms in total. The molecule has 0 radical (unpaired) electrons. The summed E-state index contributed by atoms with van der Waals surface area (Å²) in [4.78, 5) is 40.0. The van der Waals surface area contributed by atoms with Gasteiger partial charge in [-0.1, -0.05) is 36.6 Å². The van der Waals surface area contributed by atoms with Gasteiger partial charge in [0.25, 0.3) is 5.56 Å². The predicted molar refractivity (Wildman–Crippen MR) is 87.9 cm³/mol. The summed E-state index contributed by atoms with van der Waals surface area (Å²) >= 11 is 5.93. The molecule has 1 amide bonds. The van der Waals surface area contributed by atoms with Crippen molar-refractivity contribution in [1.29, 1.82) is 0 Å². The summed E-state index contributed by atoms with van der Waals surface area (Å²) < 4.78 is 0. The van der Waals surface area contributed by atoms with Gasteiger partial charge in [0, 0.05) is 11.1 Å². The molecule has 1 heterocycles. The molecule has 7 heteroatoms. The quantitative estimate of drug-likeness (QED) is 0.803. The summed E-state index contributed by atoms with van der Waals surface area (Å²) in [6.07, 6.45) is 3.33. The molecule has 0 atom stereocenters. The Kier molecular flexibility index (Phi) is 4.09. The minimum absolute atomic E-state index is 0.101. The highest BCUT2D eigenvalue weighted by Gasteiger charge is 2.42. The van der Waals surface area contributed by atoms with Gasteiger partial charge < -0.3 is 5.32 Å². The van der Waals surface area contributed by atoms with E-state index in [-0.39, 0.29) is 11.7 Å². The molecule has 1 aliphatic rings. The predicted octanol–water partition coefficient (Wildman–Crippen LogP) is 2.17. The van der Waals surface area contributed by atoms with E-state index < -0.39 is 16.7 Å². The van der Waals surface area contributed by atoms with Crippen molar-refractivity contribution in [2.45, 2.75) is 31.1 Å². The Morgan fingerprint density at radius 2 is 1.74 bits per heavy atom. The Balaban J connectivity index is 1.94. The molecule has 3 N–H and O–H groups in total. The molecule has 2 aromatic rings. The van der Waals surface area contributed by atoms with Crippen LogP contribution < -0.4 is 16.6 Å². The van der Waals surface area contributed by atoms with Crippen molar-refractivity contribution >= 4 is 23.3 Å². The van der Waals surface area contributed by atoms with Crippen LogP contribution in [-0.4, -0.2) is 15.9 Å². The maximum atomic E-state index is 12.9. The second-order valence-corrected chi connectivity index (χ2v) is 6.19. The van der Waals surface area contributed by atoms with Crippen molar-refractivity contribution < 1.29 is 4.79 Å². The van der Waals surface area contributed by atoms with Crippen molar-refractivity contribution in [3.8, 4) is 0 Å². The normalized spacial score (nSPS) is 16.2. The molecule has 1 saturated carbocycles. The minimum Gasteiger partial charge on any atom is -0.311 e. The number of rotatable bonds is 3. The number of halogens is 1. The molecular formula is C16H16ClN3O3. The zero-order chi connectivity index (χ0) is 16.4. The number of hydrogen-bond donors (Lipinski definition) is 3. The van der Waals surface area contributed by atoms with Gasteiger partial charge in [-0.2, -0.15) is 0 Å². The van der Waals surface area contributed by atoms with E-state index in [4.69, 9.17) is 11.6 Å². The highest BCUT2D eigenvalue weighted by Crippen LogP contribution is 2.42. The summed E-state index contributed by atoms with van der Waals surface area (Å²) in [5, 5.41) is 3.28. The number of aromatic nitrogens is 2. The number of carbonyl (C=O) groups excluding carboxylic acids is 1. The standard InChI is InChI=1S/C16H16ClN3O3/c17-11-5-3-10(4-6-11)16(7-1-2-8-16)14(22)18-12-9-13(21)20-15(23)19-12/h3-6,9H,1-2,7-8H2,(H3,18,19,20,21,22,23). The maximum Gasteiger partial charge on any atom is 0.327 e. The number of benzene rings is 1. The maximum absolute atomic E-state index is 12.9. The zero-order valence-corrected chi connectivity index (χ0v) is 13.1. The van der Waals surface area contributed by atoms with Crippen LogP contribution in [-0.2, 0) is 10.2 Å². The average Bonchev–Trinajstić information content (AvgIpc) is 2.97. The second kappa shape index (κ2) is 6.04. The van der Waals surface area contributed by atoms with Gasteiger partial charge in [-0.05, 0) is 30.5 Å². The van der Waals surface area contributed by atoms with E-state index in [2.05, 4.69) is 15.3 Å². The summed E-state index contributed by atoms with van der Waals surface area (Å²) in [6.45, 7) is 0. The number of anilines is 1. The molecule has 1 aliphatic carbocycles. The van der Waals surface area contributed by atoms with Gasteiger partial charge in [0.05, 0.1) is 5.41 Å². The van der Waals surface area contributed by atoms with Gasteiger partial charge >= 0.3 is 5.69 Å². The Labute approximate surface area is 136 Å². The number of H-pyrrole nitrogens is 2. The fourth-order valence-corrected chi connectivity index (χ4v) is 3.30. The van der Waals surface area contributed by atoms with E-state index >= 15 is 0 Å². The first-order valence-corrected chi connectivity index (χ1v) is 7.79. The van der Waals surface area contributed by atoms with Crippen LogP contribution in [0.5, 0.6) is 0 Å². The van der Waals surface area contributed by atoms with Crippen LogP contribution in [0.15, 0.2) is 39.9 Å². The molecule has 1 aromatic carbocycles. The number of nitrogens with one attached hydrogen (secondary N) is 3. The van der Waals surface area contributed by atoms with Crippen LogP contribution in [0.4, 0.5) is 5.82 Å². The highest BCUT2D eigenvalue weighted by atomic mass is 35.5. The summed E-state index contributed by atoms with van der Waals surface area (Å²) in [5.41, 5.74) is -0.982. The first-order valence-electron chi connectivity index (χ1n) is 7.41. The third-order valence-electron chi connectivity index (χ3n) is 4.30. The number of amides is 1. The molecule has 120 valence electrons. The van der Waals surface area contributed by atoms with E-state index in [1.165, 1.54) is 0 Å². The van der Waals surface area contributed by atoms with Crippen LogP contribution in [0.2, 0.25) is 5.02 Å². The lowest BCUT2D eigenvalue weighted by Gasteiger charge is -2.28. The SMILES string of the molecule is O=C(Nc1cc(=O)[nH]c(=O)[nH]1)C1(c2ccc(Cl)cc2)CCCC1. The molecule has 1 aromatic heterocycles. The zero-order valence-electron chi connectivity index (χ0n) is 12.3. The molecule has 23 heavy (non-hydrogen) atoms. The minimum atomic E-state index is -0.663. The molecule has 0 bridgehead atoms. The van der Waals surface area contributed by atoms with Crippen molar-refractivity contribution in [1.82, 2.24) is 9.97 Å². The molecule has 0 saturated heterocycles. The van der Waals surface area contributed by atoms with Gasteiger partial charge in [0.15, 0.2) is 0 Å². The van der Waals surface area contributed by atoms with Gasteiger partial charge in [-0.3, -0.25) is 19.6 Å². The smallest absolute Gasteiger partial charge is 0.311 e. The summed E-state index contributed by atoms with van der Waals surface area (Å²) in [7, 11) is 0. The summed E-state index contributed by atoms with van der Waals surface area (Å²) in [6, 6.07) is 8.39. The largest absolute Gasteiger partial charge is 0.327 e. The van der Waals surface area contributed by atoms with Crippen molar-refractivity contribution in [2.24, 2.45) is 0 Å². The number of hydrogen-bond acceptors (Lipinski definition) is 3. The van der Waals surface area contributed by atoms with Crippen molar-refractivity contribution in [3.05, 3.63) is 61.8 Å². The van der Waals surface area contributed by atoms with Crippen LogP contribution in [0, 0.1) is 0 Å². The Hall–Kier alpha value is -2.34. The van der Waals surface area contributed by atoms with Crippen molar-refractivity contribution in [2.75, 3.05) is 5.32 Å². The summed E-state index contributed by atoms with van der Waals surface area (Å²) in [5.74, 6) is -0.123. The van der Waals surface area contributed by atoms with Crippen LogP contribution in [0.3, 0.4) is 0 Å². The van der Waals surface area contributed by atoms with Gasteiger partial charge in [0.2, 0.25) is 5.91 Å². The van der Waals surface area contributed by atoms with Gasteiger partial charge in [-0.15, -0.1) is 0 Å². The van der Waals surface area contributed by atoms with E-state index in [9.17, 15) is 14.4 Å². The first-order chi connectivity index (χ1) is 11.0. The monoisotopic (exact) mass is 333 g/mol. The van der Waals surface area contributed by atoms with Gasteiger partial charge in [0.1, 0.15) is 5.82 Å². The fraction of sp³-hybridized carbons (Fsp3) is 0.312. The van der Waals surface area contributed by atoms with Gasteiger partial charge in [-0.25, -0.2) is 4.79 Å². The second-order valence-electron chi connectivity index (χ2n) is 5.75. The molecule has 1 fully saturated rings. The number of aromatic amines is 2. The highest BCUT2D eigenvalue weighted by molar-refractivity contribution is 6.30. The van der Waals surface area contributed by atoms with Crippen LogP contribution >= 0.6 is 11.6 Å². The lowest BCUT2D eigenvalue weighted by atomic mass is 9.78. The van der Waals surface area contributed by atoms with E-state index in [1.807, 2.05) is 12.1 Å². The Morgan fingerprint density at radius 1 is 1.09 bits per heavy atom.